The maximum Gasteiger partial charge on any atom is 0.573 e. The molecule has 2 heterocycles. The topological polar surface area (TPSA) is 66.2 Å². The van der Waals surface area contributed by atoms with Crippen LogP contribution in [0.5, 0.6) is 5.75 Å². The molecule has 0 unspecified atom stereocenters. The van der Waals surface area contributed by atoms with Gasteiger partial charge in [-0.05, 0) is 36.8 Å². The zero-order valence-electron chi connectivity index (χ0n) is 18.2. The Morgan fingerprint density at radius 1 is 1.08 bits per heavy atom. The van der Waals surface area contributed by atoms with Crippen molar-refractivity contribution in [1.29, 1.82) is 0 Å². The molecule has 192 valence electrons. The molecule has 0 bridgehead atoms. The minimum absolute atomic E-state index is 0.0180. The van der Waals surface area contributed by atoms with Gasteiger partial charge >= 0.3 is 18.5 Å². The van der Waals surface area contributed by atoms with E-state index in [1.54, 1.807) is 6.92 Å². The van der Waals surface area contributed by atoms with Crippen molar-refractivity contribution < 1.29 is 40.6 Å². The summed E-state index contributed by atoms with van der Waals surface area (Å²) in [5.74, 6) is -2.82. The van der Waals surface area contributed by atoms with Crippen LogP contribution in [-0.2, 0) is 15.7 Å². The Hall–Kier alpha value is -2.93. The molecular weight excluding hydrogens is 536 g/mol. The molecule has 0 N–H and O–H groups in total. The van der Waals surface area contributed by atoms with E-state index in [1.165, 1.54) is 36.4 Å². The molecular formula is C22H16ClF6N3O3S. The Labute approximate surface area is 209 Å². The molecule has 36 heavy (non-hydrogen) atoms. The highest BCUT2D eigenvalue weighted by Crippen LogP contribution is 2.53. The van der Waals surface area contributed by atoms with Crippen LogP contribution in [0.4, 0.5) is 26.3 Å². The van der Waals surface area contributed by atoms with Gasteiger partial charge in [0, 0.05) is 10.6 Å². The molecule has 1 aliphatic heterocycles. The third-order valence-electron chi connectivity index (χ3n) is 5.13. The summed E-state index contributed by atoms with van der Waals surface area (Å²) in [6, 6.07) is 9.26. The van der Waals surface area contributed by atoms with Crippen LogP contribution in [0.2, 0.25) is 5.02 Å². The summed E-state index contributed by atoms with van der Waals surface area (Å²) in [5.41, 5.74) is 0.130. The molecule has 2 aromatic carbocycles. The van der Waals surface area contributed by atoms with Gasteiger partial charge in [0.15, 0.2) is 5.82 Å². The summed E-state index contributed by atoms with van der Waals surface area (Å²) in [5, 5.41) is 5.09. The Morgan fingerprint density at radius 2 is 1.81 bits per heavy atom. The molecule has 14 heteroatoms. The minimum Gasteiger partial charge on any atom is -0.466 e. The maximum absolute atomic E-state index is 13.9. The number of alkyl halides is 6. The molecule has 3 aromatic rings. The van der Waals surface area contributed by atoms with Crippen LogP contribution in [0, 0.1) is 0 Å². The van der Waals surface area contributed by atoms with Crippen LogP contribution >= 0.6 is 23.4 Å². The molecule has 0 aliphatic carbocycles. The SMILES string of the molecule is CCOC(=O)C[C@@H]1S[C@@H](c2ccccc2OC(F)(F)F)c2cc(Cl)ccc2-n2c1nnc2C(F)(F)F. The quantitative estimate of drug-likeness (QED) is 0.261. The molecule has 4 rings (SSSR count). The number of benzene rings is 2. The number of halogens is 7. The van der Waals surface area contributed by atoms with E-state index in [1.807, 2.05) is 0 Å². The van der Waals surface area contributed by atoms with Crippen LogP contribution in [0.1, 0.15) is 46.6 Å². The zero-order chi connectivity index (χ0) is 26.3. The summed E-state index contributed by atoms with van der Waals surface area (Å²) in [6.07, 6.45) is -10.3. The number of carbonyl (C=O) groups excluding carboxylic acids is 1. The predicted octanol–water partition coefficient (Wildman–Crippen LogP) is 6.67. The number of aromatic nitrogens is 3. The van der Waals surface area contributed by atoms with Crippen molar-refractivity contribution in [3.63, 3.8) is 0 Å². The van der Waals surface area contributed by atoms with Crippen molar-refractivity contribution in [2.24, 2.45) is 0 Å². The van der Waals surface area contributed by atoms with E-state index in [0.717, 1.165) is 22.4 Å². The first-order chi connectivity index (χ1) is 16.9. The lowest BCUT2D eigenvalue weighted by atomic mass is 10.0. The van der Waals surface area contributed by atoms with Crippen molar-refractivity contribution in [2.45, 2.75) is 36.4 Å². The van der Waals surface area contributed by atoms with Gasteiger partial charge in [-0.3, -0.25) is 9.36 Å². The van der Waals surface area contributed by atoms with E-state index in [0.29, 0.717) is 0 Å². The molecule has 6 nitrogen and oxygen atoms in total. The lowest BCUT2D eigenvalue weighted by molar-refractivity contribution is -0.274. The van der Waals surface area contributed by atoms with E-state index in [9.17, 15) is 31.1 Å². The second-order valence-electron chi connectivity index (χ2n) is 7.52. The number of esters is 1. The van der Waals surface area contributed by atoms with E-state index >= 15 is 0 Å². The average Bonchev–Trinajstić information content (AvgIpc) is 3.17. The zero-order valence-corrected chi connectivity index (χ0v) is 19.8. The second kappa shape index (κ2) is 9.85. The lowest BCUT2D eigenvalue weighted by Gasteiger charge is -2.23. The van der Waals surface area contributed by atoms with Gasteiger partial charge in [-0.2, -0.15) is 13.2 Å². The lowest BCUT2D eigenvalue weighted by Crippen LogP contribution is -2.19. The highest BCUT2D eigenvalue weighted by atomic mass is 35.5. The second-order valence-corrected chi connectivity index (χ2v) is 9.27. The van der Waals surface area contributed by atoms with Gasteiger partial charge < -0.3 is 9.47 Å². The summed E-state index contributed by atoms with van der Waals surface area (Å²) in [7, 11) is 0. The molecule has 0 radical (unpaired) electrons. The van der Waals surface area contributed by atoms with Gasteiger partial charge in [-0.25, -0.2) is 0 Å². The number of hydrogen-bond donors (Lipinski definition) is 0. The van der Waals surface area contributed by atoms with E-state index < -0.39 is 47.0 Å². The number of ether oxygens (including phenoxy) is 2. The molecule has 0 saturated heterocycles. The van der Waals surface area contributed by atoms with Crippen molar-refractivity contribution in [3.8, 4) is 11.4 Å². The summed E-state index contributed by atoms with van der Waals surface area (Å²) in [4.78, 5) is 12.4. The van der Waals surface area contributed by atoms with Crippen molar-refractivity contribution in [2.75, 3.05) is 6.61 Å². The molecule has 0 amide bonds. The minimum atomic E-state index is -5.02. The Bertz CT molecular complexity index is 1280. The first-order valence-electron chi connectivity index (χ1n) is 10.4. The van der Waals surface area contributed by atoms with Gasteiger partial charge in [-0.15, -0.1) is 35.1 Å². The molecule has 0 fully saturated rings. The highest BCUT2D eigenvalue weighted by molar-refractivity contribution is 8.00. The summed E-state index contributed by atoms with van der Waals surface area (Å²) < 4.78 is 91.1. The Kier molecular flexibility index (Phi) is 7.15. The van der Waals surface area contributed by atoms with Gasteiger partial charge in [-0.1, -0.05) is 29.8 Å². The fourth-order valence-corrected chi connectivity index (χ4v) is 5.52. The van der Waals surface area contributed by atoms with Crippen molar-refractivity contribution >= 4 is 29.3 Å². The maximum atomic E-state index is 13.9. The van der Waals surface area contributed by atoms with Crippen LogP contribution in [-0.4, -0.2) is 33.7 Å². The number of thioether (sulfide) groups is 1. The fraction of sp³-hybridized carbons (Fsp3) is 0.318. The van der Waals surface area contributed by atoms with E-state index in [4.69, 9.17) is 16.3 Å². The summed E-state index contributed by atoms with van der Waals surface area (Å²) in [6.45, 7) is 1.59. The number of para-hydroxylation sites is 1. The molecule has 1 aromatic heterocycles. The third-order valence-corrected chi connectivity index (χ3v) is 6.85. The highest BCUT2D eigenvalue weighted by Gasteiger charge is 2.44. The predicted molar refractivity (Wildman–Crippen MR) is 118 cm³/mol. The Morgan fingerprint density at radius 3 is 2.47 bits per heavy atom. The smallest absolute Gasteiger partial charge is 0.466 e. The first kappa shape index (κ1) is 26.1. The van der Waals surface area contributed by atoms with E-state index in [-0.39, 0.29) is 34.3 Å². The molecule has 0 saturated carbocycles. The first-order valence-corrected chi connectivity index (χ1v) is 11.7. The monoisotopic (exact) mass is 551 g/mol. The van der Waals surface area contributed by atoms with Gasteiger partial charge in [0.2, 0.25) is 5.82 Å². The number of carbonyl (C=O) groups is 1. The van der Waals surface area contributed by atoms with Crippen molar-refractivity contribution in [3.05, 3.63) is 70.3 Å². The summed E-state index contributed by atoms with van der Waals surface area (Å²) >= 11 is 7.08. The Balaban J connectivity index is 1.97. The number of fused-ring (bicyclic) bond motifs is 3. The average molecular weight is 552 g/mol. The van der Waals surface area contributed by atoms with Gasteiger partial charge in [0.25, 0.3) is 0 Å². The van der Waals surface area contributed by atoms with Crippen LogP contribution in [0.15, 0.2) is 42.5 Å². The fourth-order valence-electron chi connectivity index (χ4n) is 3.83. The van der Waals surface area contributed by atoms with Gasteiger partial charge in [0.1, 0.15) is 5.75 Å². The van der Waals surface area contributed by atoms with Gasteiger partial charge in [0.05, 0.1) is 29.2 Å². The van der Waals surface area contributed by atoms with Crippen LogP contribution < -0.4 is 4.74 Å². The normalized spacial score (nSPS) is 17.7. The number of nitrogens with zero attached hydrogens (tertiary/aromatic N) is 3. The third kappa shape index (κ3) is 5.41. The largest absolute Gasteiger partial charge is 0.573 e. The molecule has 1 aliphatic rings. The van der Waals surface area contributed by atoms with E-state index in [2.05, 4.69) is 14.9 Å². The molecule has 0 spiro atoms. The van der Waals surface area contributed by atoms with Crippen LogP contribution in [0.25, 0.3) is 5.69 Å². The molecule has 2 atom stereocenters. The number of hydrogen-bond acceptors (Lipinski definition) is 6. The standard InChI is InChI=1S/C22H16ClF6N3O3S/c1-2-34-17(33)10-16-19-30-31-20(21(24,25)26)32(19)14-8-7-11(23)9-13(14)18(36-16)12-5-3-4-6-15(12)35-22(27,28)29/h3-9,16,18H,2,10H2,1H3/t16-,18-/m0/s1. The van der Waals surface area contributed by atoms with Crippen molar-refractivity contribution in [1.82, 2.24) is 14.8 Å². The number of rotatable bonds is 5. The van der Waals surface area contributed by atoms with Crippen LogP contribution in [0.3, 0.4) is 0 Å².